The normalized spacial score (nSPS) is 31.5. The van der Waals surface area contributed by atoms with Crippen LogP contribution in [0.1, 0.15) is 75.7 Å². The molecule has 1 saturated carbocycles. The average molecular weight is 759 g/mol. The van der Waals surface area contributed by atoms with E-state index >= 15 is 0 Å². The molecule has 0 spiro atoms. The number of carbonyl (C=O) groups excluding carboxylic acids is 6. The summed E-state index contributed by atoms with van der Waals surface area (Å²) in [4.78, 5) is 79.2. The number of rotatable bonds is 11. The van der Waals surface area contributed by atoms with Gasteiger partial charge in [0.05, 0.1) is 5.92 Å². The maximum absolute atomic E-state index is 14.6. The number of aliphatic hydroxyl groups is 1. The van der Waals surface area contributed by atoms with E-state index in [2.05, 4.69) is 6.58 Å². The van der Waals surface area contributed by atoms with Gasteiger partial charge in [0.1, 0.15) is 35.3 Å². The number of ketones is 1. The summed E-state index contributed by atoms with van der Waals surface area (Å²) in [5, 5.41) is 12.8. The Bertz CT molecular complexity index is 1600. The molecule has 0 unspecified atom stereocenters. The highest BCUT2D eigenvalue weighted by Crippen LogP contribution is 2.52. The van der Waals surface area contributed by atoms with Crippen molar-refractivity contribution < 1.29 is 67.0 Å². The summed E-state index contributed by atoms with van der Waals surface area (Å²) < 4.78 is 41.3. The number of fused-ring (bicyclic) bond motifs is 1. The molecular weight excluding hydrogens is 704 g/mol. The fourth-order valence-corrected chi connectivity index (χ4v) is 7.19. The minimum absolute atomic E-state index is 0.0304. The Morgan fingerprint density at radius 3 is 1.98 bits per heavy atom. The van der Waals surface area contributed by atoms with E-state index in [4.69, 9.17) is 33.2 Å². The molecule has 0 bridgehead atoms. The zero-order valence-corrected chi connectivity index (χ0v) is 32.7. The van der Waals surface area contributed by atoms with Crippen molar-refractivity contribution in [2.45, 2.75) is 117 Å². The number of hydrogen-bond donors (Lipinski definition) is 1. The second-order valence-corrected chi connectivity index (χ2v) is 15.2. The van der Waals surface area contributed by atoms with Gasteiger partial charge in [0.15, 0.2) is 24.6 Å². The summed E-state index contributed by atoms with van der Waals surface area (Å²) >= 11 is 0. The molecule has 1 aromatic carbocycles. The first kappa shape index (κ1) is 43.8. The van der Waals surface area contributed by atoms with Crippen LogP contribution in [0.3, 0.4) is 0 Å². The second-order valence-electron chi connectivity index (χ2n) is 15.2. The van der Waals surface area contributed by atoms with Crippen LogP contribution < -0.4 is 4.74 Å². The SMILES string of the molecule is C=C1[C@H](OCC(C)C)[C@@H](OC(C)=O)[C@@H](OC(C)=O)C(C)(C)/C=C/[C@H](C)C(=O)[C@@]2(O)C[C@@](C)(OC(C)=O)[C@H](OC(=O)COc3ccccc3)[C@@H]2[C@H]1OC(C)=O. The quantitative estimate of drug-likeness (QED) is 0.192. The van der Waals surface area contributed by atoms with E-state index in [0.29, 0.717) is 5.75 Å². The monoisotopic (exact) mass is 758 g/mol. The third-order valence-corrected chi connectivity index (χ3v) is 9.37. The number of ether oxygens (including phenoxy) is 7. The Hall–Kier alpha value is -4.56. The fraction of sp³-hybridized carbons (Fsp3) is 0.600. The molecular formula is C40H54O14. The number of carbonyl (C=O) groups is 6. The minimum atomic E-state index is -2.51. The van der Waals surface area contributed by atoms with Gasteiger partial charge in [-0.25, -0.2) is 4.79 Å². The molecule has 0 saturated heterocycles. The molecule has 0 radical (unpaired) electrons. The van der Waals surface area contributed by atoms with Gasteiger partial charge in [-0.05, 0) is 30.5 Å². The lowest BCUT2D eigenvalue weighted by Crippen LogP contribution is -2.58. The Morgan fingerprint density at radius 2 is 1.44 bits per heavy atom. The lowest BCUT2D eigenvalue weighted by atomic mass is 9.72. The van der Waals surface area contributed by atoms with E-state index in [1.807, 2.05) is 13.8 Å². The average Bonchev–Trinajstić information content (AvgIpc) is 3.27. The highest BCUT2D eigenvalue weighted by molar-refractivity contribution is 5.92. The van der Waals surface area contributed by atoms with Crippen LogP contribution in [0.25, 0.3) is 0 Å². The van der Waals surface area contributed by atoms with Gasteiger partial charge in [-0.1, -0.05) is 71.5 Å². The summed E-state index contributed by atoms with van der Waals surface area (Å²) in [6.07, 6.45) is -5.01. The van der Waals surface area contributed by atoms with Gasteiger partial charge in [-0.3, -0.25) is 24.0 Å². The van der Waals surface area contributed by atoms with Gasteiger partial charge < -0.3 is 38.3 Å². The third kappa shape index (κ3) is 10.6. The van der Waals surface area contributed by atoms with Crippen molar-refractivity contribution in [2.24, 2.45) is 23.2 Å². The molecule has 1 aromatic rings. The van der Waals surface area contributed by atoms with Gasteiger partial charge >= 0.3 is 29.8 Å². The first-order chi connectivity index (χ1) is 25.0. The van der Waals surface area contributed by atoms with Crippen LogP contribution in [0.15, 0.2) is 54.6 Å². The van der Waals surface area contributed by atoms with Crippen molar-refractivity contribution in [1.29, 1.82) is 0 Å². The molecule has 2 aliphatic carbocycles. The molecule has 2 aliphatic rings. The molecule has 298 valence electrons. The molecule has 0 aromatic heterocycles. The zero-order valence-electron chi connectivity index (χ0n) is 32.7. The number of hydrogen-bond acceptors (Lipinski definition) is 14. The smallest absolute Gasteiger partial charge is 0.344 e. The van der Waals surface area contributed by atoms with E-state index in [9.17, 15) is 33.9 Å². The zero-order chi connectivity index (χ0) is 40.8. The Morgan fingerprint density at radius 1 is 0.852 bits per heavy atom. The van der Waals surface area contributed by atoms with Gasteiger partial charge in [0.2, 0.25) is 0 Å². The first-order valence-corrected chi connectivity index (χ1v) is 17.9. The Kier molecular flexibility index (Phi) is 14.4. The fourth-order valence-electron chi connectivity index (χ4n) is 7.19. The molecule has 54 heavy (non-hydrogen) atoms. The van der Waals surface area contributed by atoms with Crippen LogP contribution in [-0.4, -0.2) is 95.7 Å². The van der Waals surface area contributed by atoms with Crippen LogP contribution in [0, 0.1) is 23.2 Å². The summed E-state index contributed by atoms with van der Waals surface area (Å²) in [6.45, 7) is 18.2. The molecule has 1 N–H and O–H groups in total. The van der Waals surface area contributed by atoms with E-state index in [-0.39, 0.29) is 18.1 Å². The van der Waals surface area contributed by atoms with Crippen molar-refractivity contribution in [3.63, 3.8) is 0 Å². The lowest BCUT2D eigenvalue weighted by Gasteiger charge is -2.44. The van der Waals surface area contributed by atoms with Gasteiger partial charge in [0.25, 0.3) is 0 Å². The van der Waals surface area contributed by atoms with Crippen LogP contribution in [0.2, 0.25) is 0 Å². The summed E-state index contributed by atoms with van der Waals surface area (Å²) in [5.74, 6) is -7.47. The van der Waals surface area contributed by atoms with Crippen molar-refractivity contribution >= 4 is 35.6 Å². The van der Waals surface area contributed by atoms with Crippen LogP contribution >= 0.6 is 0 Å². The molecule has 0 amide bonds. The maximum Gasteiger partial charge on any atom is 0.344 e. The van der Waals surface area contributed by atoms with E-state index in [1.54, 1.807) is 50.3 Å². The molecule has 3 rings (SSSR count). The second kappa shape index (κ2) is 17.7. The van der Waals surface area contributed by atoms with Crippen molar-refractivity contribution in [3.8, 4) is 5.75 Å². The van der Waals surface area contributed by atoms with Crippen LogP contribution in [-0.2, 0) is 57.2 Å². The summed E-state index contributed by atoms with van der Waals surface area (Å²) in [6, 6.07) is 8.39. The molecule has 0 aliphatic heterocycles. The number of allylic oxidation sites excluding steroid dienone is 1. The lowest BCUT2D eigenvalue weighted by molar-refractivity contribution is -0.193. The highest BCUT2D eigenvalue weighted by atomic mass is 16.6. The van der Waals surface area contributed by atoms with E-state index in [0.717, 1.165) is 20.8 Å². The molecule has 0 heterocycles. The molecule has 1 fully saturated rings. The van der Waals surface area contributed by atoms with Crippen LogP contribution in [0.4, 0.5) is 0 Å². The topological polar surface area (TPSA) is 187 Å². The number of Topliss-reactive ketones (excluding diaryl/α,β-unsaturated/α-hetero) is 1. The van der Waals surface area contributed by atoms with E-state index < -0.39 is 108 Å². The largest absolute Gasteiger partial charge is 0.482 e. The van der Waals surface area contributed by atoms with Crippen molar-refractivity contribution in [3.05, 3.63) is 54.6 Å². The number of benzene rings is 1. The predicted molar refractivity (Wildman–Crippen MR) is 193 cm³/mol. The minimum Gasteiger partial charge on any atom is -0.482 e. The molecule has 14 nitrogen and oxygen atoms in total. The summed E-state index contributed by atoms with van der Waals surface area (Å²) in [7, 11) is 0. The van der Waals surface area contributed by atoms with Crippen LogP contribution in [0.5, 0.6) is 5.75 Å². The van der Waals surface area contributed by atoms with Crippen molar-refractivity contribution in [2.75, 3.05) is 13.2 Å². The Labute approximate surface area is 316 Å². The predicted octanol–water partition coefficient (Wildman–Crippen LogP) is 4.24. The highest BCUT2D eigenvalue weighted by Gasteiger charge is 2.69. The Balaban J connectivity index is 2.39. The molecule has 9 atom stereocenters. The molecule has 14 heteroatoms. The number of esters is 5. The maximum atomic E-state index is 14.6. The van der Waals surface area contributed by atoms with Crippen molar-refractivity contribution in [1.82, 2.24) is 0 Å². The van der Waals surface area contributed by atoms with E-state index in [1.165, 1.54) is 26.8 Å². The van der Waals surface area contributed by atoms with Gasteiger partial charge in [-0.2, -0.15) is 0 Å². The first-order valence-electron chi connectivity index (χ1n) is 17.9. The summed E-state index contributed by atoms with van der Waals surface area (Å²) in [5.41, 5.74) is -5.68. The third-order valence-electron chi connectivity index (χ3n) is 9.37. The van der Waals surface area contributed by atoms with Gasteiger partial charge in [0, 0.05) is 52.1 Å². The standard InChI is InChI=1S/C40H54O14/c1-22(2)19-49-33-24(4)32(50-25(5)41)31-36(53-30(45)20-48-29-15-13-12-14-16-29)39(11,54-28(8)44)21-40(31,47)35(46)23(3)17-18-38(9,10)37(52-27(7)43)34(33)51-26(6)42/h12-18,22-23,31-34,36-37,47H,4,19-21H2,1-3,5-11H3/b18-17+/t23-,31-,32-,33-,34+,36+,37+,39+,40+/m0/s1. The number of para-hydroxylation sites is 1. The van der Waals surface area contributed by atoms with Gasteiger partial charge in [-0.15, -0.1) is 0 Å².